The molecule has 1 aliphatic heterocycles. The van der Waals surface area contributed by atoms with E-state index in [9.17, 15) is 5.11 Å². The van der Waals surface area contributed by atoms with Crippen LogP contribution in [-0.2, 0) is 9.47 Å². The first-order valence-corrected chi connectivity index (χ1v) is 11.1. The molecule has 0 radical (unpaired) electrons. The highest BCUT2D eigenvalue weighted by Gasteiger charge is 2.41. The van der Waals surface area contributed by atoms with Crippen molar-refractivity contribution in [2.24, 2.45) is 0 Å². The summed E-state index contributed by atoms with van der Waals surface area (Å²) in [5.74, 6) is -0.391. The third-order valence-electron chi connectivity index (χ3n) is 5.84. The van der Waals surface area contributed by atoms with Gasteiger partial charge in [-0.3, -0.25) is 4.98 Å². The molecule has 35 heavy (non-hydrogen) atoms. The van der Waals surface area contributed by atoms with Crippen LogP contribution >= 0.6 is 0 Å². The van der Waals surface area contributed by atoms with Crippen LogP contribution in [0.5, 0.6) is 5.75 Å². The van der Waals surface area contributed by atoms with Gasteiger partial charge in [0.15, 0.2) is 12.0 Å². The molecule has 0 aliphatic carbocycles. The van der Waals surface area contributed by atoms with E-state index in [0.717, 1.165) is 0 Å². The highest BCUT2D eigenvalue weighted by molar-refractivity contribution is 5.93. The van der Waals surface area contributed by atoms with E-state index in [1.807, 2.05) is 22.9 Å². The van der Waals surface area contributed by atoms with E-state index in [1.54, 1.807) is 32.0 Å². The molecule has 1 fully saturated rings. The third kappa shape index (κ3) is 4.42. The first-order chi connectivity index (χ1) is 16.7. The van der Waals surface area contributed by atoms with Crippen LogP contribution in [0.3, 0.4) is 0 Å². The van der Waals surface area contributed by atoms with Gasteiger partial charge in [-0.25, -0.2) is 9.97 Å². The summed E-state index contributed by atoms with van der Waals surface area (Å²) in [6, 6.07) is 9.18. The molecule has 11 heteroatoms. The molecule has 2 unspecified atom stereocenters. The maximum Gasteiger partial charge on any atom is 0.162 e. The van der Waals surface area contributed by atoms with Crippen LogP contribution in [0.2, 0.25) is 0 Å². The van der Waals surface area contributed by atoms with Crippen molar-refractivity contribution in [3.05, 3.63) is 48.5 Å². The molecule has 180 valence electrons. The van der Waals surface area contributed by atoms with Gasteiger partial charge in [0, 0.05) is 30.3 Å². The predicted molar refractivity (Wildman–Crippen MR) is 128 cm³/mol. The molecule has 0 amide bonds. The van der Waals surface area contributed by atoms with Gasteiger partial charge in [-0.2, -0.15) is 5.26 Å². The molecular weight excluding hydrogens is 450 g/mol. The Morgan fingerprint density at radius 1 is 1.23 bits per heavy atom. The van der Waals surface area contributed by atoms with Gasteiger partial charge in [-0.1, -0.05) is 0 Å². The summed E-state index contributed by atoms with van der Waals surface area (Å²) < 4.78 is 20.1. The third-order valence-corrected chi connectivity index (χ3v) is 5.84. The van der Waals surface area contributed by atoms with Gasteiger partial charge >= 0.3 is 0 Å². The Bertz CT molecular complexity index is 1440. The van der Waals surface area contributed by atoms with Crippen molar-refractivity contribution >= 4 is 33.4 Å². The standard InChI is InChI=1S/C24H25N7O4/c1-24(2,32)35-19-8-15(34-23(19)31-6-5-17-21(27)29-12-30-22(17)31)11-33-14-3-4-16-18(7-14)28-10-13(9-25)20(16)26/h3-7,10,12,15,19,23,32H,8,11H2,1-2H3,(H2,26,28)(H2,27,29,30)/t15?,19-,23?/m1/s1. The SMILES string of the molecule is CC(C)(O)O[C@@H]1CC(COc2ccc3c(N)c(C#N)cnc3c2)OC1n1ccc2c(N)ncnc21. The molecule has 1 aliphatic rings. The number of nitrogens with zero attached hydrogens (tertiary/aromatic N) is 5. The maximum atomic E-state index is 10.3. The van der Waals surface area contributed by atoms with E-state index in [1.165, 1.54) is 12.5 Å². The Hall–Kier alpha value is -3.98. The van der Waals surface area contributed by atoms with Crippen LogP contribution in [-0.4, -0.2) is 49.2 Å². The molecule has 5 N–H and O–H groups in total. The lowest BCUT2D eigenvalue weighted by Crippen LogP contribution is -2.33. The average molecular weight is 476 g/mol. The van der Waals surface area contributed by atoms with Gasteiger partial charge in [0.1, 0.15) is 42.3 Å². The first kappa shape index (κ1) is 22.8. The fraction of sp³-hybridized carbons (Fsp3) is 0.333. The Labute approximate surface area is 200 Å². The number of nitrogens with two attached hydrogens (primary N) is 2. The number of hydrogen-bond acceptors (Lipinski definition) is 10. The summed E-state index contributed by atoms with van der Waals surface area (Å²) in [5.41, 5.74) is 14.0. The van der Waals surface area contributed by atoms with E-state index in [2.05, 4.69) is 15.0 Å². The Kier molecular flexibility index (Phi) is 5.64. The first-order valence-electron chi connectivity index (χ1n) is 11.1. The molecule has 5 rings (SSSR count). The minimum atomic E-state index is -1.36. The molecule has 4 aromatic rings. The predicted octanol–water partition coefficient (Wildman–Crippen LogP) is 2.50. The van der Waals surface area contributed by atoms with Gasteiger partial charge < -0.3 is 35.4 Å². The van der Waals surface area contributed by atoms with Crippen LogP contribution in [0.1, 0.15) is 32.1 Å². The van der Waals surface area contributed by atoms with Crippen LogP contribution in [0.4, 0.5) is 11.5 Å². The topological polar surface area (TPSA) is 167 Å². The largest absolute Gasteiger partial charge is 0.491 e. The number of fused-ring (bicyclic) bond motifs is 2. The number of benzene rings is 1. The van der Waals surface area contributed by atoms with E-state index in [-0.39, 0.29) is 12.7 Å². The number of pyridine rings is 1. The lowest BCUT2D eigenvalue weighted by molar-refractivity contribution is -0.222. The lowest BCUT2D eigenvalue weighted by Gasteiger charge is -2.27. The summed E-state index contributed by atoms with van der Waals surface area (Å²) >= 11 is 0. The molecule has 4 heterocycles. The van der Waals surface area contributed by atoms with Crippen LogP contribution < -0.4 is 16.2 Å². The quantitative estimate of drug-likeness (QED) is 0.352. The number of nitriles is 1. The molecule has 3 atom stereocenters. The van der Waals surface area contributed by atoms with Gasteiger partial charge in [0.2, 0.25) is 0 Å². The summed E-state index contributed by atoms with van der Waals surface area (Å²) in [4.78, 5) is 12.7. The Morgan fingerprint density at radius 3 is 2.83 bits per heavy atom. The zero-order chi connectivity index (χ0) is 24.7. The Balaban J connectivity index is 1.36. The van der Waals surface area contributed by atoms with E-state index in [4.69, 9.17) is 30.9 Å². The van der Waals surface area contributed by atoms with Crippen molar-refractivity contribution in [2.75, 3.05) is 18.1 Å². The average Bonchev–Trinajstić information content (AvgIpc) is 3.41. The minimum absolute atomic E-state index is 0.246. The monoisotopic (exact) mass is 475 g/mol. The molecule has 11 nitrogen and oxygen atoms in total. The second-order valence-corrected chi connectivity index (χ2v) is 8.89. The van der Waals surface area contributed by atoms with Crippen molar-refractivity contribution in [3.8, 4) is 11.8 Å². The van der Waals surface area contributed by atoms with Crippen LogP contribution in [0.25, 0.3) is 21.9 Å². The second-order valence-electron chi connectivity index (χ2n) is 8.89. The highest BCUT2D eigenvalue weighted by Crippen LogP contribution is 2.36. The van der Waals surface area contributed by atoms with Crippen molar-refractivity contribution in [1.82, 2.24) is 19.5 Å². The van der Waals surface area contributed by atoms with E-state index >= 15 is 0 Å². The molecule has 0 saturated carbocycles. The van der Waals surface area contributed by atoms with Gasteiger partial charge in [-0.05, 0) is 32.0 Å². The van der Waals surface area contributed by atoms with Gasteiger partial charge in [0.25, 0.3) is 0 Å². The molecular formula is C24H25N7O4. The number of hydrogen-bond donors (Lipinski definition) is 3. The van der Waals surface area contributed by atoms with Crippen LogP contribution in [0, 0.1) is 11.3 Å². The zero-order valence-electron chi connectivity index (χ0n) is 19.3. The zero-order valence-corrected chi connectivity index (χ0v) is 19.3. The van der Waals surface area contributed by atoms with Crippen molar-refractivity contribution in [3.63, 3.8) is 0 Å². The van der Waals surface area contributed by atoms with Gasteiger partial charge in [0.05, 0.1) is 28.3 Å². The van der Waals surface area contributed by atoms with Crippen molar-refractivity contribution in [1.29, 1.82) is 5.26 Å². The normalized spacial score (nSPS) is 20.3. The summed E-state index contributed by atoms with van der Waals surface area (Å²) in [5, 5.41) is 20.8. The number of nitrogen functional groups attached to an aromatic ring is 2. The lowest BCUT2D eigenvalue weighted by atomic mass is 10.1. The smallest absolute Gasteiger partial charge is 0.162 e. The van der Waals surface area contributed by atoms with E-state index in [0.29, 0.717) is 51.2 Å². The number of anilines is 2. The minimum Gasteiger partial charge on any atom is -0.491 e. The number of aliphatic hydroxyl groups is 1. The van der Waals surface area contributed by atoms with Crippen molar-refractivity contribution < 1.29 is 19.3 Å². The maximum absolute atomic E-state index is 10.3. The van der Waals surface area contributed by atoms with Crippen LogP contribution in [0.15, 0.2) is 43.0 Å². The fourth-order valence-electron chi connectivity index (χ4n) is 4.30. The molecule has 0 spiro atoms. The van der Waals surface area contributed by atoms with Crippen molar-refractivity contribution in [2.45, 2.75) is 44.5 Å². The molecule has 0 bridgehead atoms. The summed E-state index contributed by atoms with van der Waals surface area (Å²) in [7, 11) is 0. The molecule has 3 aromatic heterocycles. The molecule has 1 saturated heterocycles. The fourth-order valence-corrected chi connectivity index (χ4v) is 4.30. The second kappa shape index (κ2) is 8.66. The van der Waals surface area contributed by atoms with Gasteiger partial charge in [-0.15, -0.1) is 0 Å². The summed E-state index contributed by atoms with van der Waals surface area (Å²) in [6.07, 6.45) is 3.82. The number of rotatable bonds is 6. The highest BCUT2D eigenvalue weighted by atomic mass is 16.7. The molecule has 1 aromatic carbocycles. The number of aromatic nitrogens is 4. The Morgan fingerprint density at radius 2 is 2.06 bits per heavy atom. The van der Waals surface area contributed by atoms with E-state index < -0.39 is 18.1 Å². The summed E-state index contributed by atoms with van der Waals surface area (Å²) in [6.45, 7) is 3.40. The number of ether oxygens (including phenoxy) is 3.